The molecule has 3 amide bonds. The van der Waals surface area contributed by atoms with Crippen molar-refractivity contribution in [3.63, 3.8) is 0 Å². The minimum atomic E-state index is -0.744. The van der Waals surface area contributed by atoms with Gasteiger partial charge in [0.05, 0.1) is 0 Å². The monoisotopic (exact) mass is 354 g/mol. The predicted octanol–water partition coefficient (Wildman–Crippen LogP) is 3.19. The number of hydrogen-bond acceptors (Lipinski definition) is 5. The summed E-state index contributed by atoms with van der Waals surface area (Å²) in [5, 5.41) is 6.93. The van der Waals surface area contributed by atoms with Crippen LogP contribution in [0.15, 0.2) is 28.8 Å². The zero-order chi connectivity index (χ0) is 18.1. The summed E-state index contributed by atoms with van der Waals surface area (Å²) in [6.45, 7) is 1.98. The van der Waals surface area contributed by atoms with E-state index in [1.165, 1.54) is 4.90 Å². The zero-order valence-corrected chi connectivity index (χ0v) is 14.8. The SMILES string of the molecule is Cc1ccccc1-c1noc(CN2C(=O)NC3(CCCCCC3)C2=O)n1. The van der Waals surface area contributed by atoms with E-state index in [0.717, 1.165) is 36.8 Å². The van der Waals surface area contributed by atoms with Crippen LogP contribution in [0.3, 0.4) is 0 Å². The van der Waals surface area contributed by atoms with Gasteiger partial charge in [0, 0.05) is 5.56 Å². The number of benzene rings is 1. The number of carbonyl (C=O) groups is 2. The van der Waals surface area contributed by atoms with Crippen molar-refractivity contribution >= 4 is 11.9 Å². The van der Waals surface area contributed by atoms with Gasteiger partial charge in [-0.15, -0.1) is 0 Å². The van der Waals surface area contributed by atoms with Crippen LogP contribution in [0.4, 0.5) is 4.79 Å². The Labute approximate surface area is 151 Å². The lowest BCUT2D eigenvalue weighted by Gasteiger charge is -2.24. The molecule has 0 bridgehead atoms. The van der Waals surface area contributed by atoms with Crippen LogP contribution in [0.2, 0.25) is 0 Å². The number of aromatic nitrogens is 2. The highest BCUT2D eigenvalue weighted by Crippen LogP contribution is 2.33. The molecule has 1 saturated heterocycles. The molecular formula is C19H22N4O3. The Bertz CT molecular complexity index is 837. The molecule has 1 N–H and O–H groups in total. The Morgan fingerprint density at radius 3 is 2.62 bits per heavy atom. The van der Waals surface area contributed by atoms with E-state index in [4.69, 9.17) is 4.52 Å². The summed E-state index contributed by atoms with van der Waals surface area (Å²) >= 11 is 0. The Kier molecular flexibility index (Phi) is 4.22. The van der Waals surface area contributed by atoms with Crippen molar-refractivity contribution < 1.29 is 14.1 Å². The molecule has 0 unspecified atom stereocenters. The van der Waals surface area contributed by atoms with Crippen molar-refractivity contribution in [1.29, 1.82) is 0 Å². The fourth-order valence-electron chi connectivity index (χ4n) is 3.88. The first kappa shape index (κ1) is 16.8. The van der Waals surface area contributed by atoms with E-state index in [1.807, 2.05) is 31.2 Å². The third kappa shape index (κ3) is 2.87. The van der Waals surface area contributed by atoms with E-state index in [-0.39, 0.29) is 24.4 Å². The topological polar surface area (TPSA) is 88.3 Å². The first-order valence-electron chi connectivity index (χ1n) is 9.12. The first-order valence-corrected chi connectivity index (χ1v) is 9.12. The Hall–Kier alpha value is -2.70. The van der Waals surface area contributed by atoms with Crippen molar-refractivity contribution in [2.24, 2.45) is 0 Å². The normalized spacial score (nSPS) is 19.7. The van der Waals surface area contributed by atoms with Crippen molar-refractivity contribution in [3.8, 4) is 11.4 Å². The number of carbonyl (C=O) groups excluding carboxylic acids is 2. The summed E-state index contributed by atoms with van der Waals surface area (Å²) in [5.41, 5.74) is 1.17. The van der Waals surface area contributed by atoms with Gasteiger partial charge in [-0.05, 0) is 25.3 Å². The van der Waals surface area contributed by atoms with Crippen LogP contribution in [0.25, 0.3) is 11.4 Å². The third-order valence-corrected chi connectivity index (χ3v) is 5.35. The fourth-order valence-corrected chi connectivity index (χ4v) is 3.88. The molecule has 7 nitrogen and oxygen atoms in total. The summed E-state index contributed by atoms with van der Waals surface area (Å²) < 4.78 is 5.30. The summed E-state index contributed by atoms with van der Waals surface area (Å²) in [6.07, 6.45) is 5.52. The molecule has 2 aromatic rings. The van der Waals surface area contributed by atoms with Gasteiger partial charge in [0.15, 0.2) is 0 Å². The van der Waals surface area contributed by atoms with Gasteiger partial charge >= 0.3 is 6.03 Å². The van der Waals surface area contributed by atoms with Gasteiger partial charge in [-0.1, -0.05) is 55.1 Å². The van der Waals surface area contributed by atoms with E-state index in [9.17, 15) is 9.59 Å². The van der Waals surface area contributed by atoms with Gasteiger partial charge in [0.25, 0.3) is 5.91 Å². The van der Waals surface area contributed by atoms with Gasteiger partial charge in [0.1, 0.15) is 12.1 Å². The molecule has 2 fully saturated rings. The standard InChI is InChI=1S/C19H22N4O3/c1-13-8-4-5-9-14(13)16-20-15(26-22-16)12-23-17(24)19(21-18(23)25)10-6-2-3-7-11-19/h4-5,8-9H,2-3,6-7,10-12H2,1H3,(H,21,25). The lowest BCUT2D eigenvalue weighted by Crippen LogP contribution is -2.46. The van der Waals surface area contributed by atoms with E-state index in [1.54, 1.807) is 0 Å². The van der Waals surface area contributed by atoms with Crippen LogP contribution < -0.4 is 5.32 Å². The Balaban J connectivity index is 1.53. The second-order valence-electron chi connectivity index (χ2n) is 7.14. The molecule has 7 heteroatoms. The van der Waals surface area contributed by atoms with Gasteiger partial charge in [-0.3, -0.25) is 9.69 Å². The maximum Gasteiger partial charge on any atom is 0.325 e. The highest BCUT2D eigenvalue weighted by molar-refractivity contribution is 6.06. The minimum absolute atomic E-state index is 0.00526. The summed E-state index contributed by atoms with van der Waals surface area (Å²) in [4.78, 5) is 30.9. The summed E-state index contributed by atoms with van der Waals surface area (Å²) in [7, 11) is 0. The minimum Gasteiger partial charge on any atom is -0.337 e. The highest BCUT2D eigenvalue weighted by Gasteiger charge is 2.51. The van der Waals surface area contributed by atoms with Crippen molar-refractivity contribution in [1.82, 2.24) is 20.4 Å². The molecule has 1 aromatic carbocycles. The van der Waals surface area contributed by atoms with E-state index < -0.39 is 5.54 Å². The number of nitrogens with one attached hydrogen (secondary N) is 1. The largest absolute Gasteiger partial charge is 0.337 e. The number of aryl methyl sites for hydroxylation is 1. The quantitative estimate of drug-likeness (QED) is 0.855. The first-order chi connectivity index (χ1) is 12.6. The molecule has 136 valence electrons. The fraction of sp³-hybridized carbons (Fsp3) is 0.474. The maximum absolute atomic E-state index is 12.9. The summed E-state index contributed by atoms with van der Waals surface area (Å²) in [5.74, 6) is 0.562. The van der Waals surface area contributed by atoms with Crippen LogP contribution in [-0.2, 0) is 11.3 Å². The molecule has 1 spiro atoms. The van der Waals surface area contributed by atoms with Crippen LogP contribution in [-0.4, -0.2) is 32.5 Å². The zero-order valence-electron chi connectivity index (χ0n) is 14.8. The second-order valence-corrected chi connectivity index (χ2v) is 7.14. The Morgan fingerprint density at radius 1 is 1.15 bits per heavy atom. The van der Waals surface area contributed by atoms with Crippen molar-refractivity contribution in [2.75, 3.05) is 0 Å². The third-order valence-electron chi connectivity index (χ3n) is 5.35. The lowest BCUT2D eigenvalue weighted by molar-refractivity contribution is -0.132. The maximum atomic E-state index is 12.9. The molecule has 1 saturated carbocycles. The number of hydrogen-bond donors (Lipinski definition) is 1. The summed E-state index contributed by atoms with van der Waals surface area (Å²) in [6, 6.07) is 7.37. The number of imide groups is 1. The van der Waals surface area contributed by atoms with Gasteiger partial charge in [0.2, 0.25) is 11.7 Å². The lowest BCUT2D eigenvalue weighted by atomic mass is 9.90. The molecule has 26 heavy (non-hydrogen) atoms. The molecular weight excluding hydrogens is 332 g/mol. The molecule has 2 aliphatic rings. The average Bonchev–Trinajstić information content (AvgIpc) is 3.07. The van der Waals surface area contributed by atoms with E-state index in [2.05, 4.69) is 15.5 Å². The predicted molar refractivity (Wildman–Crippen MR) is 94.0 cm³/mol. The molecule has 0 atom stereocenters. The van der Waals surface area contributed by atoms with Gasteiger partial charge in [-0.2, -0.15) is 4.98 Å². The van der Waals surface area contributed by atoms with Crippen LogP contribution in [0.1, 0.15) is 50.0 Å². The van der Waals surface area contributed by atoms with Crippen molar-refractivity contribution in [2.45, 2.75) is 57.5 Å². The molecule has 1 aliphatic carbocycles. The van der Waals surface area contributed by atoms with Crippen LogP contribution in [0, 0.1) is 6.92 Å². The average molecular weight is 354 g/mol. The van der Waals surface area contributed by atoms with E-state index >= 15 is 0 Å². The second kappa shape index (κ2) is 6.55. The highest BCUT2D eigenvalue weighted by atomic mass is 16.5. The molecule has 0 radical (unpaired) electrons. The Morgan fingerprint density at radius 2 is 1.88 bits per heavy atom. The van der Waals surface area contributed by atoms with E-state index in [0.29, 0.717) is 18.7 Å². The number of amides is 3. The van der Waals surface area contributed by atoms with Crippen molar-refractivity contribution in [3.05, 3.63) is 35.7 Å². The van der Waals surface area contributed by atoms with Crippen LogP contribution >= 0.6 is 0 Å². The number of rotatable bonds is 3. The number of urea groups is 1. The molecule has 1 aromatic heterocycles. The smallest absolute Gasteiger partial charge is 0.325 e. The number of nitrogens with zero attached hydrogens (tertiary/aromatic N) is 3. The van der Waals surface area contributed by atoms with Gasteiger partial charge in [-0.25, -0.2) is 4.79 Å². The molecule has 4 rings (SSSR count). The van der Waals surface area contributed by atoms with Gasteiger partial charge < -0.3 is 9.84 Å². The molecule has 2 heterocycles. The van der Waals surface area contributed by atoms with Crippen LogP contribution in [0.5, 0.6) is 0 Å². The molecule has 1 aliphatic heterocycles.